The standard InChI is InChI=1S/C13H16N4O3/c1-6-5-9(11(14-6)13(19)20)15-12(18)10-7(2)16-17(4)8(10)3/h5,14H,1-4H3,(H,15,18)(H,19,20). The quantitative estimate of drug-likeness (QED) is 0.793. The lowest BCUT2D eigenvalue weighted by Crippen LogP contribution is -2.15. The van der Waals surface area contributed by atoms with Gasteiger partial charge in [-0.15, -0.1) is 0 Å². The molecule has 0 aliphatic heterocycles. The first-order valence-electron chi connectivity index (χ1n) is 6.05. The number of carbonyl (C=O) groups is 2. The lowest BCUT2D eigenvalue weighted by Gasteiger charge is -2.05. The van der Waals surface area contributed by atoms with Crippen molar-refractivity contribution in [2.75, 3.05) is 5.32 Å². The maximum absolute atomic E-state index is 12.3. The average molecular weight is 276 g/mol. The second-order valence-electron chi connectivity index (χ2n) is 4.67. The lowest BCUT2D eigenvalue weighted by molar-refractivity contribution is 0.0692. The second kappa shape index (κ2) is 4.84. The highest BCUT2D eigenvalue weighted by Gasteiger charge is 2.20. The molecule has 2 heterocycles. The molecule has 0 aromatic carbocycles. The second-order valence-corrected chi connectivity index (χ2v) is 4.67. The zero-order valence-corrected chi connectivity index (χ0v) is 11.7. The minimum absolute atomic E-state index is 0.0324. The van der Waals surface area contributed by atoms with E-state index in [-0.39, 0.29) is 17.3 Å². The van der Waals surface area contributed by atoms with Crippen LogP contribution in [0.25, 0.3) is 0 Å². The minimum Gasteiger partial charge on any atom is -0.477 e. The summed E-state index contributed by atoms with van der Waals surface area (Å²) < 4.78 is 1.62. The highest BCUT2D eigenvalue weighted by Crippen LogP contribution is 2.20. The van der Waals surface area contributed by atoms with Gasteiger partial charge in [0.1, 0.15) is 5.69 Å². The predicted molar refractivity (Wildman–Crippen MR) is 73.1 cm³/mol. The fourth-order valence-corrected chi connectivity index (χ4v) is 2.14. The first-order chi connectivity index (χ1) is 9.31. The molecule has 2 aromatic heterocycles. The Bertz CT molecular complexity index is 697. The van der Waals surface area contributed by atoms with E-state index in [1.54, 1.807) is 38.6 Å². The van der Waals surface area contributed by atoms with Gasteiger partial charge in [0, 0.05) is 18.4 Å². The molecule has 106 valence electrons. The van der Waals surface area contributed by atoms with E-state index in [2.05, 4.69) is 15.4 Å². The van der Waals surface area contributed by atoms with Crippen molar-refractivity contribution in [1.82, 2.24) is 14.8 Å². The number of aromatic carboxylic acids is 1. The third-order valence-corrected chi connectivity index (χ3v) is 3.15. The average Bonchev–Trinajstić information content (AvgIpc) is 2.80. The van der Waals surface area contributed by atoms with Gasteiger partial charge in [0.2, 0.25) is 0 Å². The van der Waals surface area contributed by atoms with Gasteiger partial charge >= 0.3 is 5.97 Å². The number of aromatic nitrogens is 3. The summed E-state index contributed by atoms with van der Waals surface area (Å²) >= 11 is 0. The van der Waals surface area contributed by atoms with Crippen molar-refractivity contribution in [2.24, 2.45) is 7.05 Å². The van der Waals surface area contributed by atoms with Crippen LogP contribution in [0.5, 0.6) is 0 Å². The van der Waals surface area contributed by atoms with E-state index in [9.17, 15) is 9.59 Å². The summed E-state index contributed by atoms with van der Waals surface area (Å²) in [5, 5.41) is 15.9. The molecule has 0 radical (unpaired) electrons. The van der Waals surface area contributed by atoms with Gasteiger partial charge in [-0.25, -0.2) is 4.79 Å². The summed E-state index contributed by atoms with van der Waals surface area (Å²) in [5.41, 5.74) is 2.67. The van der Waals surface area contributed by atoms with E-state index in [0.717, 1.165) is 5.69 Å². The topological polar surface area (TPSA) is 100 Å². The van der Waals surface area contributed by atoms with Crippen molar-refractivity contribution < 1.29 is 14.7 Å². The Balaban J connectivity index is 2.35. The van der Waals surface area contributed by atoms with E-state index in [1.165, 1.54) is 0 Å². The SMILES string of the molecule is Cc1cc(NC(=O)c2c(C)nn(C)c2C)c(C(=O)O)[nH]1. The Kier molecular flexibility index (Phi) is 3.35. The van der Waals surface area contributed by atoms with Crippen LogP contribution in [0.2, 0.25) is 0 Å². The number of anilines is 1. The van der Waals surface area contributed by atoms with E-state index in [4.69, 9.17) is 5.11 Å². The number of carboxylic acid groups (broad SMARTS) is 1. The third-order valence-electron chi connectivity index (χ3n) is 3.15. The molecule has 0 aliphatic rings. The molecule has 0 atom stereocenters. The number of aryl methyl sites for hydroxylation is 3. The maximum Gasteiger partial charge on any atom is 0.354 e. The molecule has 0 spiro atoms. The summed E-state index contributed by atoms with van der Waals surface area (Å²) in [6, 6.07) is 1.59. The van der Waals surface area contributed by atoms with Gasteiger partial charge in [-0.05, 0) is 26.8 Å². The van der Waals surface area contributed by atoms with Crippen LogP contribution in [0.4, 0.5) is 5.69 Å². The van der Waals surface area contributed by atoms with Crippen LogP contribution in [-0.4, -0.2) is 31.7 Å². The predicted octanol–water partition coefficient (Wildman–Crippen LogP) is 1.62. The molecule has 2 rings (SSSR count). The van der Waals surface area contributed by atoms with Crippen molar-refractivity contribution in [3.8, 4) is 0 Å². The zero-order chi connectivity index (χ0) is 15.0. The number of H-pyrrole nitrogens is 1. The monoisotopic (exact) mass is 276 g/mol. The molecule has 20 heavy (non-hydrogen) atoms. The zero-order valence-electron chi connectivity index (χ0n) is 11.7. The Hall–Kier alpha value is -2.57. The fraction of sp³-hybridized carbons (Fsp3) is 0.308. The Labute approximate surface area is 115 Å². The van der Waals surface area contributed by atoms with Gasteiger partial charge < -0.3 is 15.4 Å². The Morgan fingerprint density at radius 1 is 1.35 bits per heavy atom. The molecule has 7 heteroatoms. The molecule has 7 nitrogen and oxygen atoms in total. The van der Waals surface area contributed by atoms with Crippen LogP contribution in [0.3, 0.4) is 0 Å². The van der Waals surface area contributed by atoms with E-state index in [0.29, 0.717) is 17.0 Å². The van der Waals surface area contributed by atoms with Gasteiger partial charge in [-0.2, -0.15) is 5.10 Å². The van der Waals surface area contributed by atoms with Crippen molar-refractivity contribution in [3.63, 3.8) is 0 Å². The van der Waals surface area contributed by atoms with Gasteiger partial charge in [0.15, 0.2) is 0 Å². The molecule has 0 saturated heterocycles. The molecule has 0 bridgehead atoms. The highest BCUT2D eigenvalue weighted by molar-refractivity contribution is 6.08. The minimum atomic E-state index is -1.12. The Morgan fingerprint density at radius 2 is 2.00 bits per heavy atom. The van der Waals surface area contributed by atoms with Crippen LogP contribution in [0.1, 0.15) is 37.9 Å². The normalized spacial score (nSPS) is 10.6. The number of nitrogens with one attached hydrogen (secondary N) is 2. The largest absolute Gasteiger partial charge is 0.477 e. The maximum atomic E-state index is 12.3. The smallest absolute Gasteiger partial charge is 0.354 e. The van der Waals surface area contributed by atoms with Gasteiger partial charge in [-0.3, -0.25) is 9.48 Å². The van der Waals surface area contributed by atoms with Gasteiger partial charge in [0.05, 0.1) is 16.9 Å². The van der Waals surface area contributed by atoms with Crippen molar-refractivity contribution >= 4 is 17.6 Å². The number of hydrogen-bond donors (Lipinski definition) is 3. The van der Waals surface area contributed by atoms with E-state index in [1.807, 2.05) is 0 Å². The molecule has 3 N–H and O–H groups in total. The number of nitrogens with zero attached hydrogens (tertiary/aromatic N) is 2. The molecule has 1 amide bonds. The first-order valence-corrected chi connectivity index (χ1v) is 6.05. The number of carbonyl (C=O) groups excluding carboxylic acids is 1. The van der Waals surface area contributed by atoms with Gasteiger partial charge in [0.25, 0.3) is 5.91 Å². The number of amides is 1. The fourth-order valence-electron chi connectivity index (χ4n) is 2.14. The first kappa shape index (κ1) is 13.9. The summed E-state index contributed by atoms with van der Waals surface area (Å²) in [6.07, 6.45) is 0. The summed E-state index contributed by atoms with van der Waals surface area (Å²) in [4.78, 5) is 26.1. The highest BCUT2D eigenvalue weighted by atomic mass is 16.4. The van der Waals surface area contributed by atoms with Crippen LogP contribution >= 0.6 is 0 Å². The molecule has 0 saturated carbocycles. The summed E-state index contributed by atoms with van der Waals surface area (Å²) in [6.45, 7) is 5.25. The number of hydrogen-bond acceptors (Lipinski definition) is 3. The number of rotatable bonds is 3. The Morgan fingerprint density at radius 3 is 2.50 bits per heavy atom. The summed E-state index contributed by atoms with van der Waals surface area (Å²) in [7, 11) is 1.75. The van der Waals surface area contributed by atoms with E-state index >= 15 is 0 Å². The molecule has 0 aliphatic carbocycles. The van der Waals surface area contributed by atoms with Crippen molar-refractivity contribution in [2.45, 2.75) is 20.8 Å². The van der Waals surface area contributed by atoms with Crippen molar-refractivity contribution in [1.29, 1.82) is 0 Å². The van der Waals surface area contributed by atoms with E-state index < -0.39 is 5.97 Å². The van der Waals surface area contributed by atoms with Crippen LogP contribution < -0.4 is 5.32 Å². The van der Waals surface area contributed by atoms with Crippen molar-refractivity contribution in [3.05, 3.63) is 34.4 Å². The third kappa shape index (κ3) is 2.29. The van der Waals surface area contributed by atoms with Crippen LogP contribution in [0.15, 0.2) is 6.07 Å². The molecule has 0 unspecified atom stereocenters. The number of aromatic amines is 1. The number of carboxylic acids is 1. The van der Waals surface area contributed by atoms with Gasteiger partial charge in [-0.1, -0.05) is 0 Å². The summed E-state index contributed by atoms with van der Waals surface area (Å²) in [5.74, 6) is -1.48. The molecule has 2 aromatic rings. The molecular formula is C13H16N4O3. The van der Waals surface area contributed by atoms with Crippen LogP contribution in [0, 0.1) is 20.8 Å². The lowest BCUT2D eigenvalue weighted by atomic mass is 10.2. The molecule has 0 fully saturated rings. The molecular weight excluding hydrogens is 260 g/mol. The van der Waals surface area contributed by atoms with Crippen LogP contribution in [-0.2, 0) is 7.05 Å².